The van der Waals surface area contributed by atoms with Crippen LogP contribution in [0.1, 0.15) is 44.6 Å². The minimum absolute atomic E-state index is 0.393. The van der Waals surface area contributed by atoms with Gasteiger partial charge < -0.3 is 10.2 Å². The van der Waals surface area contributed by atoms with Crippen molar-refractivity contribution in [3.8, 4) is 0 Å². The van der Waals surface area contributed by atoms with Crippen LogP contribution in [-0.2, 0) is 6.42 Å². The molecule has 0 radical (unpaired) electrons. The topological polar surface area (TPSA) is 15.3 Å². The lowest BCUT2D eigenvalue weighted by molar-refractivity contribution is 0.241. The Balaban J connectivity index is 1.86. The minimum Gasteiger partial charge on any atom is -0.363 e. The van der Waals surface area contributed by atoms with Crippen molar-refractivity contribution in [1.29, 1.82) is 0 Å². The van der Waals surface area contributed by atoms with Crippen LogP contribution in [-0.4, -0.2) is 25.2 Å². The second kappa shape index (κ2) is 5.54. The van der Waals surface area contributed by atoms with E-state index in [0.717, 1.165) is 19.5 Å². The Kier molecular flexibility index (Phi) is 3.79. The molecular formula is C17H26N2. The largest absolute Gasteiger partial charge is 0.363 e. The highest BCUT2D eigenvalue weighted by Gasteiger charge is 2.39. The number of anilines is 1. The molecular weight excluding hydrogens is 232 g/mol. The number of benzene rings is 1. The molecule has 1 aromatic rings. The number of nitrogens with one attached hydrogen (secondary N) is 1. The van der Waals surface area contributed by atoms with Gasteiger partial charge in [0.15, 0.2) is 0 Å². The molecule has 3 rings (SSSR count). The van der Waals surface area contributed by atoms with Gasteiger partial charge in [-0.05, 0) is 37.0 Å². The first kappa shape index (κ1) is 13.0. The number of aryl methyl sites for hydroxylation is 1. The molecule has 0 aromatic heterocycles. The van der Waals surface area contributed by atoms with Crippen molar-refractivity contribution in [1.82, 2.24) is 5.32 Å². The van der Waals surface area contributed by atoms with Crippen molar-refractivity contribution < 1.29 is 0 Å². The van der Waals surface area contributed by atoms with Gasteiger partial charge >= 0.3 is 0 Å². The van der Waals surface area contributed by atoms with Gasteiger partial charge in [0.05, 0.1) is 5.54 Å². The summed E-state index contributed by atoms with van der Waals surface area (Å²) in [6.45, 7) is 5.67. The summed E-state index contributed by atoms with van der Waals surface area (Å²) in [6.07, 6.45) is 8.05. The van der Waals surface area contributed by atoms with E-state index in [1.54, 1.807) is 0 Å². The smallest absolute Gasteiger partial charge is 0.0526 e. The van der Waals surface area contributed by atoms with E-state index in [1.165, 1.54) is 49.9 Å². The highest BCUT2D eigenvalue weighted by Crippen LogP contribution is 2.37. The van der Waals surface area contributed by atoms with Crippen LogP contribution in [0.3, 0.4) is 0 Å². The summed E-state index contributed by atoms with van der Waals surface area (Å²) in [5.41, 5.74) is 3.27. The Labute approximate surface area is 117 Å². The normalized spacial score (nSPS) is 22.7. The van der Waals surface area contributed by atoms with Crippen LogP contribution in [0.25, 0.3) is 0 Å². The maximum absolute atomic E-state index is 3.63. The van der Waals surface area contributed by atoms with E-state index in [2.05, 4.69) is 41.4 Å². The molecule has 1 aliphatic carbocycles. The van der Waals surface area contributed by atoms with Crippen LogP contribution in [0, 0.1) is 0 Å². The van der Waals surface area contributed by atoms with Crippen molar-refractivity contribution in [2.75, 3.05) is 24.5 Å². The Bertz CT molecular complexity index is 396. The lowest BCUT2D eigenvalue weighted by atomic mass is 9.78. The molecule has 0 bridgehead atoms. The van der Waals surface area contributed by atoms with Crippen molar-refractivity contribution in [2.24, 2.45) is 0 Å². The lowest BCUT2D eigenvalue weighted by Crippen LogP contribution is -2.62. The number of nitrogens with zero attached hydrogens (tertiary/aromatic N) is 1. The molecule has 1 saturated carbocycles. The van der Waals surface area contributed by atoms with E-state index >= 15 is 0 Å². The van der Waals surface area contributed by atoms with Crippen molar-refractivity contribution >= 4 is 5.69 Å². The third-order valence-electron chi connectivity index (χ3n) is 4.98. The van der Waals surface area contributed by atoms with E-state index in [1.807, 2.05) is 0 Å². The van der Waals surface area contributed by atoms with Gasteiger partial charge in [0.25, 0.3) is 0 Å². The van der Waals surface area contributed by atoms with Crippen molar-refractivity contribution in [3.63, 3.8) is 0 Å². The summed E-state index contributed by atoms with van der Waals surface area (Å²) in [6, 6.07) is 9.27. The van der Waals surface area contributed by atoms with E-state index in [9.17, 15) is 0 Å². The molecule has 2 aliphatic rings. The van der Waals surface area contributed by atoms with E-state index in [0.29, 0.717) is 5.54 Å². The highest BCUT2D eigenvalue weighted by atomic mass is 15.3. The average molecular weight is 258 g/mol. The number of hydrogen-bond acceptors (Lipinski definition) is 2. The number of piperazine rings is 1. The van der Waals surface area contributed by atoms with Crippen LogP contribution in [0.2, 0.25) is 0 Å². The van der Waals surface area contributed by atoms with Crippen LogP contribution >= 0.6 is 0 Å². The fraction of sp³-hybridized carbons (Fsp3) is 0.647. The summed E-state index contributed by atoms with van der Waals surface area (Å²) in [7, 11) is 0. The van der Waals surface area contributed by atoms with Gasteiger partial charge in [-0.25, -0.2) is 0 Å². The molecule has 19 heavy (non-hydrogen) atoms. The number of rotatable bonds is 2. The molecule has 1 aliphatic heterocycles. The summed E-state index contributed by atoms with van der Waals surface area (Å²) in [5.74, 6) is 0. The summed E-state index contributed by atoms with van der Waals surface area (Å²) in [5, 5.41) is 3.63. The van der Waals surface area contributed by atoms with E-state index < -0.39 is 0 Å². The molecule has 1 heterocycles. The molecule has 1 saturated heterocycles. The summed E-state index contributed by atoms with van der Waals surface area (Å²) < 4.78 is 0. The second-order valence-electron chi connectivity index (χ2n) is 6.13. The quantitative estimate of drug-likeness (QED) is 0.875. The highest BCUT2D eigenvalue weighted by molar-refractivity contribution is 5.51. The maximum atomic E-state index is 3.63. The van der Waals surface area contributed by atoms with Gasteiger partial charge in [0.2, 0.25) is 0 Å². The predicted molar refractivity (Wildman–Crippen MR) is 81.9 cm³/mol. The fourth-order valence-electron chi connectivity index (χ4n) is 3.82. The average Bonchev–Trinajstić information content (AvgIpc) is 2.49. The summed E-state index contributed by atoms with van der Waals surface area (Å²) >= 11 is 0. The lowest BCUT2D eigenvalue weighted by Gasteiger charge is -2.51. The fourth-order valence-corrected chi connectivity index (χ4v) is 3.82. The van der Waals surface area contributed by atoms with Gasteiger partial charge in [0.1, 0.15) is 0 Å². The molecule has 0 unspecified atom stereocenters. The van der Waals surface area contributed by atoms with Gasteiger partial charge in [-0.1, -0.05) is 38.3 Å². The first-order valence-electron chi connectivity index (χ1n) is 7.91. The first-order valence-corrected chi connectivity index (χ1v) is 7.91. The Morgan fingerprint density at radius 1 is 1.11 bits per heavy atom. The van der Waals surface area contributed by atoms with Gasteiger partial charge in [0, 0.05) is 25.3 Å². The number of hydrogen-bond donors (Lipinski definition) is 1. The third-order valence-corrected chi connectivity index (χ3v) is 4.98. The zero-order valence-electron chi connectivity index (χ0n) is 12.1. The van der Waals surface area contributed by atoms with Crippen molar-refractivity contribution in [2.45, 2.75) is 51.0 Å². The monoisotopic (exact) mass is 258 g/mol. The second-order valence-corrected chi connectivity index (χ2v) is 6.13. The molecule has 0 amide bonds. The van der Waals surface area contributed by atoms with Crippen LogP contribution in [0.4, 0.5) is 5.69 Å². The Morgan fingerprint density at radius 3 is 2.53 bits per heavy atom. The minimum atomic E-state index is 0.393. The van der Waals surface area contributed by atoms with Gasteiger partial charge in [-0.3, -0.25) is 0 Å². The summed E-state index contributed by atoms with van der Waals surface area (Å²) in [4.78, 5) is 2.70. The van der Waals surface area contributed by atoms with Gasteiger partial charge in [-0.2, -0.15) is 0 Å². The Hall–Kier alpha value is -1.02. The molecule has 1 N–H and O–H groups in total. The molecule has 104 valence electrons. The van der Waals surface area contributed by atoms with Gasteiger partial charge in [-0.15, -0.1) is 0 Å². The first-order chi connectivity index (χ1) is 9.34. The zero-order chi connectivity index (χ0) is 13.1. The Morgan fingerprint density at radius 2 is 1.84 bits per heavy atom. The van der Waals surface area contributed by atoms with E-state index in [4.69, 9.17) is 0 Å². The molecule has 1 aromatic carbocycles. The molecule has 0 atom stereocenters. The molecule has 2 heteroatoms. The SMILES string of the molecule is CCc1ccc(N2CCNCC23CCCCC3)cc1. The predicted octanol–water partition coefficient (Wildman–Crippen LogP) is 3.36. The van der Waals surface area contributed by atoms with Crippen LogP contribution < -0.4 is 10.2 Å². The van der Waals surface area contributed by atoms with Crippen LogP contribution in [0.5, 0.6) is 0 Å². The zero-order valence-corrected chi connectivity index (χ0v) is 12.1. The molecule has 2 nitrogen and oxygen atoms in total. The van der Waals surface area contributed by atoms with Crippen LogP contribution in [0.15, 0.2) is 24.3 Å². The van der Waals surface area contributed by atoms with E-state index in [-0.39, 0.29) is 0 Å². The third kappa shape index (κ3) is 2.51. The van der Waals surface area contributed by atoms with Crippen molar-refractivity contribution in [3.05, 3.63) is 29.8 Å². The molecule has 2 fully saturated rings. The molecule has 1 spiro atoms. The standard InChI is InChI=1S/C17H26N2/c1-2-15-6-8-16(9-7-15)19-13-12-18-14-17(19)10-4-3-5-11-17/h6-9,18H,2-5,10-14H2,1H3. The maximum Gasteiger partial charge on any atom is 0.0526 e.